The molecule has 28 heavy (non-hydrogen) atoms. The van der Waals surface area contributed by atoms with Gasteiger partial charge in [0.05, 0.1) is 12.5 Å². The number of carbonyl (C=O) groups is 1. The predicted octanol–water partition coefficient (Wildman–Crippen LogP) is 2.98. The lowest BCUT2D eigenvalue weighted by molar-refractivity contribution is -0.120. The molecule has 0 radical (unpaired) electrons. The largest absolute Gasteiger partial charge is 0.497 e. The van der Waals surface area contributed by atoms with Crippen LogP contribution in [0.25, 0.3) is 10.2 Å². The van der Waals surface area contributed by atoms with Crippen molar-refractivity contribution < 1.29 is 9.53 Å². The van der Waals surface area contributed by atoms with E-state index in [1.807, 2.05) is 24.3 Å². The van der Waals surface area contributed by atoms with Crippen LogP contribution >= 0.6 is 11.3 Å². The molecule has 0 fully saturated rings. The number of primary amides is 1. The van der Waals surface area contributed by atoms with Crippen LogP contribution in [-0.2, 0) is 24.1 Å². The maximum absolute atomic E-state index is 13.4. The van der Waals surface area contributed by atoms with Gasteiger partial charge in [0.2, 0.25) is 5.91 Å². The van der Waals surface area contributed by atoms with Gasteiger partial charge in [-0.2, -0.15) is 0 Å². The summed E-state index contributed by atoms with van der Waals surface area (Å²) in [6, 6.07) is 6.87. The van der Waals surface area contributed by atoms with Gasteiger partial charge in [0.25, 0.3) is 5.56 Å². The minimum absolute atomic E-state index is 0.154. The highest BCUT2D eigenvalue weighted by atomic mass is 32.1. The molecule has 1 atom stereocenters. The number of aromatic nitrogens is 2. The van der Waals surface area contributed by atoms with Crippen molar-refractivity contribution in [3.8, 4) is 5.75 Å². The number of ether oxygens (including phenoxy) is 1. The van der Waals surface area contributed by atoms with Crippen LogP contribution in [-0.4, -0.2) is 22.6 Å². The first kappa shape index (κ1) is 18.7. The fourth-order valence-corrected chi connectivity index (χ4v) is 5.11. The minimum Gasteiger partial charge on any atom is -0.497 e. The molecule has 0 saturated heterocycles. The molecule has 3 aromatic rings. The fourth-order valence-electron chi connectivity index (χ4n) is 3.84. The van der Waals surface area contributed by atoms with Gasteiger partial charge in [-0.05, 0) is 55.9 Å². The van der Waals surface area contributed by atoms with E-state index < -0.39 is 11.9 Å². The number of nitrogens with two attached hydrogens (primary N) is 1. The van der Waals surface area contributed by atoms with Crippen LogP contribution in [0.3, 0.4) is 0 Å². The summed E-state index contributed by atoms with van der Waals surface area (Å²) in [6.45, 7) is 1.66. The summed E-state index contributed by atoms with van der Waals surface area (Å²) in [5, 5.41) is 0.672. The molecule has 2 aromatic heterocycles. The number of thiophene rings is 1. The lowest BCUT2D eigenvalue weighted by atomic mass is 9.97. The number of fused-ring (bicyclic) bond motifs is 3. The second-order valence-electron chi connectivity index (χ2n) is 7.20. The maximum Gasteiger partial charge on any atom is 0.263 e. The molecule has 146 valence electrons. The van der Waals surface area contributed by atoms with Crippen molar-refractivity contribution in [3.05, 3.63) is 56.4 Å². The van der Waals surface area contributed by atoms with Crippen LogP contribution in [0.1, 0.15) is 47.6 Å². The van der Waals surface area contributed by atoms with Crippen molar-refractivity contribution in [2.24, 2.45) is 5.73 Å². The maximum atomic E-state index is 13.4. The number of amides is 1. The van der Waals surface area contributed by atoms with Crippen molar-refractivity contribution in [3.63, 3.8) is 0 Å². The number of aryl methyl sites for hydroxylation is 2. The summed E-state index contributed by atoms with van der Waals surface area (Å²) in [6.07, 6.45) is 4.56. The SMILES string of the molecule is COc1ccc(Cc2nc3sc4c(c3c(=O)n2C(C)C(N)=O)CCCC4)cc1. The molecule has 2 heterocycles. The number of hydrogen-bond donors (Lipinski definition) is 1. The number of benzene rings is 1. The van der Waals surface area contributed by atoms with Gasteiger partial charge in [-0.15, -0.1) is 11.3 Å². The van der Waals surface area contributed by atoms with Crippen molar-refractivity contribution >= 4 is 27.5 Å². The van der Waals surface area contributed by atoms with Gasteiger partial charge in [0.15, 0.2) is 0 Å². The lowest BCUT2D eigenvalue weighted by Crippen LogP contribution is -2.35. The van der Waals surface area contributed by atoms with E-state index in [9.17, 15) is 9.59 Å². The molecular formula is C21H23N3O3S. The van der Waals surface area contributed by atoms with Crippen molar-refractivity contribution in [2.75, 3.05) is 7.11 Å². The molecule has 2 N–H and O–H groups in total. The van der Waals surface area contributed by atoms with Crippen LogP contribution in [0.5, 0.6) is 5.75 Å². The highest BCUT2D eigenvalue weighted by molar-refractivity contribution is 7.18. The van der Waals surface area contributed by atoms with E-state index in [0.29, 0.717) is 17.6 Å². The minimum atomic E-state index is -0.753. The number of rotatable bonds is 5. The first-order valence-electron chi connectivity index (χ1n) is 9.47. The molecule has 0 bridgehead atoms. The summed E-state index contributed by atoms with van der Waals surface area (Å²) in [7, 11) is 1.62. The second kappa shape index (κ2) is 7.39. The Morgan fingerprint density at radius 3 is 2.68 bits per heavy atom. The highest BCUT2D eigenvalue weighted by Gasteiger charge is 2.25. The highest BCUT2D eigenvalue weighted by Crippen LogP contribution is 2.34. The van der Waals surface area contributed by atoms with E-state index in [2.05, 4.69) is 0 Å². The second-order valence-corrected chi connectivity index (χ2v) is 8.28. The predicted molar refractivity (Wildman–Crippen MR) is 110 cm³/mol. The average Bonchev–Trinajstić information content (AvgIpc) is 3.06. The normalized spacial score (nSPS) is 14.6. The molecule has 4 rings (SSSR count). The van der Waals surface area contributed by atoms with Crippen LogP contribution in [0.15, 0.2) is 29.1 Å². The van der Waals surface area contributed by atoms with Gasteiger partial charge in [-0.1, -0.05) is 12.1 Å². The third-order valence-corrected chi connectivity index (χ3v) is 6.60. The molecule has 1 amide bonds. The molecule has 6 nitrogen and oxygen atoms in total. The summed E-state index contributed by atoms with van der Waals surface area (Å²) < 4.78 is 6.69. The molecular weight excluding hydrogens is 374 g/mol. The topological polar surface area (TPSA) is 87.2 Å². The lowest BCUT2D eigenvalue weighted by Gasteiger charge is -2.17. The Labute approximate surface area is 167 Å². The Hall–Kier alpha value is -2.67. The molecule has 1 aliphatic carbocycles. The van der Waals surface area contributed by atoms with E-state index in [1.54, 1.807) is 25.4 Å². The first-order chi connectivity index (χ1) is 13.5. The number of hydrogen-bond acceptors (Lipinski definition) is 5. The zero-order valence-electron chi connectivity index (χ0n) is 16.0. The van der Waals surface area contributed by atoms with Crippen molar-refractivity contribution in [1.29, 1.82) is 0 Å². The number of methoxy groups -OCH3 is 1. The third-order valence-electron chi connectivity index (χ3n) is 5.41. The van der Waals surface area contributed by atoms with Crippen LogP contribution in [0.2, 0.25) is 0 Å². The molecule has 0 spiro atoms. The van der Waals surface area contributed by atoms with E-state index in [-0.39, 0.29) is 5.56 Å². The van der Waals surface area contributed by atoms with Gasteiger partial charge in [-0.25, -0.2) is 4.98 Å². The van der Waals surface area contributed by atoms with Gasteiger partial charge < -0.3 is 10.5 Å². The Bertz CT molecular complexity index is 1100. The Morgan fingerprint density at radius 2 is 2.00 bits per heavy atom. The molecule has 1 unspecified atom stereocenters. The van der Waals surface area contributed by atoms with E-state index in [0.717, 1.165) is 47.4 Å². The monoisotopic (exact) mass is 397 g/mol. The molecule has 1 aromatic carbocycles. The summed E-state index contributed by atoms with van der Waals surface area (Å²) in [5.41, 5.74) is 7.50. The van der Waals surface area contributed by atoms with E-state index in [4.69, 9.17) is 15.5 Å². The zero-order valence-corrected chi connectivity index (χ0v) is 16.8. The van der Waals surface area contributed by atoms with Crippen molar-refractivity contribution in [2.45, 2.75) is 45.1 Å². The summed E-state index contributed by atoms with van der Waals surface area (Å²) in [4.78, 5) is 32.2. The summed E-state index contributed by atoms with van der Waals surface area (Å²) >= 11 is 1.61. The van der Waals surface area contributed by atoms with Gasteiger partial charge >= 0.3 is 0 Å². The number of carbonyl (C=O) groups excluding carboxylic acids is 1. The zero-order chi connectivity index (χ0) is 19.8. The van der Waals surface area contributed by atoms with E-state index in [1.165, 1.54) is 9.44 Å². The van der Waals surface area contributed by atoms with Crippen LogP contribution in [0.4, 0.5) is 0 Å². The Balaban J connectivity index is 1.89. The van der Waals surface area contributed by atoms with Gasteiger partial charge in [-0.3, -0.25) is 14.2 Å². The Morgan fingerprint density at radius 1 is 1.29 bits per heavy atom. The first-order valence-corrected chi connectivity index (χ1v) is 10.3. The average molecular weight is 398 g/mol. The summed E-state index contributed by atoms with van der Waals surface area (Å²) in [5.74, 6) is 0.789. The van der Waals surface area contributed by atoms with E-state index >= 15 is 0 Å². The third kappa shape index (κ3) is 3.20. The van der Waals surface area contributed by atoms with Gasteiger partial charge in [0, 0.05) is 11.3 Å². The van der Waals surface area contributed by atoms with Crippen LogP contribution in [0, 0.1) is 0 Å². The molecule has 0 aliphatic heterocycles. The quantitative estimate of drug-likeness (QED) is 0.717. The smallest absolute Gasteiger partial charge is 0.263 e. The van der Waals surface area contributed by atoms with Crippen molar-refractivity contribution in [1.82, 2.24) is 9.55 Å². The Kier molecular flexibility index (Phi) is 4.93. The van der Waals surface area contributed by atoms with Gasteiger partial charge in [0.1, 0.15) is 22.4 Å². The molecule has 1 aliphatic rings. The molecule has 7 heteroatoms. The van der Waals surface area contributed by atoms with Crippen LogP contribution < -0.4 is 16.0 Å². The fraction of sp³-hybridized carbons (Fsp3) is 0.381. The number of nitrogens with zero attached hydrogens (tertiary/aromatic N) is 2. The standard InChI is InChI=1S/C21H23N3O3S/c1-12(19(22)25)24-17(11-13-7-9-14(27-2)10-8-13)23-20-18(21(24)26)15-5-3-4-6-16(15)28-20/h7-10,12H,3-6,11H2,1-2H3,(H2,22,25). The molecule has 0 saturated carbocycles.